The molecule has 1 amide bonds. The first kappa shape index (κ1) is 13.4. The van der Waals surface area contributed by atoms with Crippen LogP contribution in [0.3, 0.4) is 0 Å². The topological polar surface area (TPSA) is 55.4 Å². The molecular weight excluding hydrogens is 266 g/mol. The SMILES string of the molecule is Cc1ccc(Oc2ccc3c(c2)CCC(=O)N3)c(C=O)c1. The van der Waals surface area contributed by atoms with E-state index in [4.69, 9.17) is 4.74 Å². The van der Waals surface area contributed by atoms with Crippen LogP contribution in [-0.4, -0.2) is 12.2 Å². The highest BCUT2D eigenvalue weighted by molar-refractivity contribution is 5.94. The number of amides is 1. The Labute approximate surface area is 122 Å². The highest BCUT2D eigenvalue weighted by atomic mass is 16.5. The quantitative estimate of drug-likeness (QED) is 0.876. The zero-order chi connectivity index (χ0) is 14.8. The van der Waals surface area contributed by atoms with Crippen molar-refractivity contribution in [1.82, 2.24) is 0 Å². The first-order valence-electron chi connectivity index (χ1n) is 6.82. The van der Waals surface area contributed by atoms with Gasteiger partial charge in [0.25, 0.3) is 0 Å². The molecule has 0 aromatic heterocycles. The van der Waals surface area contributed by atoms with Crippen molar-refractivity contribution in [2.45, 2.75) is 19.8 Å². The third kappa shape index (κ3) is 2.79. The molecule has 1 aliphatic heterocycles. The van der Waals surface area contributed by atoms with Crippen molar-refractivity contribution >= 4 is 17.9 Å². The van der Waals surface area contributed by atoms with Crippen LogP contribution in [0.2, 0.25) is 0 Å². The summed E-state index contributed by atoms with van der Waals surface area (Å²) < 4.78 is 5.80. The maximum Gasteiger partial charge on any atom is 0.224 e. The molecule has 1 N–H and O–H groups in total. The van der Waals surface area contributed by atoms with Gasteiger partial charge in [0, 0.05) is 12.1 Å². The van der Waals surface area contributed by atoms with E-state index in [1.807, 2.05) is 25.1 Å². The highest BCUT2D eigenvalue weighted by Crippen LogP contribution is 2.30. The van der Waals surface area contributed by atoms with Crippen molar-refractivity contribution in [1.29, 1.82) is 0 Å². The molecule has 106 valence electrons. The number of nitrogens with one attached hydrogen (secondary N) is 1. The van der Waals surface area contributed by atoms with Gasteiger partial charge < -0.3 is 10.1 Å². The van der Waals surface area contributed by atoms with E-state index in [0.717, 1.165) is 23.1 Å². The summed E-state index contributed by atoms with van der Waals surface area (Å²) in [5, 5.41) is 2.83. The Morgan fingerprint density at radius 3 is 2.81 bits per heavy atom. The second-order valence-corrected chi connectivity index (χ2v) is 5.13. The molecule has 4 nitrogen and oxygen atoms in total. The normalized spacial score (nSPS) is 13.3. The Bertz CT molecular complexity index is 722. The molecule has 2 aromatic rings. The Hall–Kier alpha value is -2.62. The molecule has 0 aliphatic carbocycles. The lowest BCUT2D eigenvalue weighted by molar-refractivity contribution is -0.116. The maximum absolute atomic E-state index is 11.3. The number of aldehydes is 1. The van der Waals surface area contributed by atoms with Gasteiger partial charge in [0.15, 0.2) is 6.29 Å². The van der Waals surface area contributed by atoms with Crippen LogP contribution in [0.25, 0.3) is 0 Å². The molecule has 1 heterocycles. The minimum absolute atomic E-state index is 0.0398. The van der Waals surface area contributed by atoms with Gasteiger partial charge in [-0.2, -0.15) is 0 Å². The van der Waals surface area contributed by atoms with E-state index in [-0.39, 0.29) is 5.91 Å². The molecule has 0 saturated heterocycles. The van der Waals surface area contributed by atoms with Gasteiger partial charge in [-0.15, -0.1) is 0 Å². The monoisotopic (exact) mass is 281 g/mol. The summed E-state index contributed by atoms with van der Waals surface area (Å²) in [6, 6.07) is 11.0. The summed E-state index contributed by atoms with van der Waals surface area (Å²) in [5.41, 5.74) is 3.42. The van der Waals surface area contributed by atoms with Gasteiger partial charge in [-0.1, -0.05) is 11.6 Å². The average molecular weight is 281 g/mol. The molecule has 0 saturated carbocycles. The minimum atomic E-state index is 0.0398. The standard InChI is InChI=1S/C17H15NO3/c1-11-2-6-16(13(8-11)10-19)21-14-4-5-15-12(9-14)3-7-17(20)18-15/h2,4-6,8-10H,3,7H2,1H3,(H,18,20). The molecule has 0 atom stereocenters. The number of hydrogen-bond donors (Lipinski definition) is 1. The minimum Gasteiger partial charge on any atom is -0.457 e. The number of benzene rings is 2. The van der Waals surface area contributed by atoms with E-state index in [1.54, 1.807) is 18.2 Å². The smallest absolute Gasteiger partial charge is 0.224 e. The lowest BCUT2D eigenvalue weighted by atomic mass is 10.0. The molecule has 1 aliphatic rings. The molecule has 0 radical (unpaired) electrons. The van der Waals surface area contributed by atoms with E-state index in [0.29, 0.717) is 29.9 Å². The van der Waals surface area contributed by atoms with E-state index in [2.05, 4.69) is 5.32 Å². The van der Waals surface area contributed by atoms with Crippen LogP contribution >= 0.6 is 0 Å². The van der Waals surface area contributed by atoms with Gasteiger partial charge in [-0.3, -0.25) is 9.59 Å². The molecule has 3 rings (SSSR count). The molecule has 0 unspecified atom stereocenters. The van der Waals surface area contributed by atoms with E-state index in [1.165, 1.54) is 0 Å². The van der Waals surface area contributed by atoms with Gasteiger partial charge in [0.1, 0.15) is 11.5 Å². The number of anilines is 1. The van der Waals surface area contributed by atoms with Crippen LogP contribution in [0.4, 0.5) is 5.69 Å². The third-order valence-electron chi connectivity index (χ3n) is 3.49. The number of carbonyl (C=O) groups excluding carboxylic acids is 2. The number of ether oxygens (including phenoxy) is 1. The largest absolute Gasteiger partial charge is 0.457 e. The Morgan fingerprint density at radius 2 is 2.00 bits per heavy atom. The van der Waals surface area contributed by atoms with Gasteiger partial charge >= 0.3 is 0 Å². The van der Waals surface area contributed by atoms with Crippen LogP contribution in [0, 0.1) is 6.92 Å². The van der Waals surface area contributed by atoms with Crippen LogP contribution in [0.5, 0.6) is 11.5 Å². The maximum atomic E-state index is 11.3. The molecule has 0 fully saturated rings. The summed E-state index contributed by atoms with van der Waals surface area (Å²) in [4.78, 5) is 22.4. The molecule has 21 heavy (non-hydrogen) atoms. The van der Waals surface area contributed by atoms with Gasteiger partial charge in [-0.05, 0) is 49.2 Å². The summed E-state index contributed by atoms with van der Waals surface area (Å²) in [7, 11) is 0. The van der Waals surface area contributed by atoms with Crippen molar-refractivity contribution < 1.29 is 14.3 Å². The Balaban J connectivity index is 1.89. The summed E-state index contributed by atoms with van der Waals surface area (Å²) >= 11 is 0. The predicted octanol–water partition coefficient (Wildman–Crippen LogP) is 3.48. The van der Waals surface area contributed by atoms with Gasteiger partial charge in [-0.25, -0.2) is 0 Å². The Morgan fingerprint density at radius 1 is 1.14 bits per heavy atom. The van der Waals surface area contributed by atoms with Crippen molar-refractivity contribution in [3.05, 3.63) is 53.1 Å². The predicted molar refractivity (Wildman–Crippen MR) is 80.0 cm³/mol. The lowest BCUT2D eigenvalue weighted by Crippen LogP contribution is -2.18. The fourth-order valence-electron chi connectivity index (χ4n) is 2.40. The fraction of sp³-hybridized carbons (Fsp3) is 0.176. The second-order valence-electron chi connectivity index (χ2n) is 5.13. The number of carbonyl (C=O) groups is 2. The molecule has 0 spiro atoms. The molecular formula is C17H15NO3. The second kappa shape index (κ2) is 5.40. The van der Waals surface area contributed by atoms with Crippen LogP contribution in [0.1, 0.15) is 27.9 Å². The zero-order valence-electron chi connectivity index (χ0n) is 11.7. The zero-order valence-corrected chi connectivity index (χ0v) is 11.7. The highest BCUT2D eigenvalue weighted by Gasteiger charge is 2.15. The van der Waals surface area contributed by atoms with E-state index < -0.39 is 0 Å². The first-order chi connectivity index (χ1) is 10.2. The average Bonchev–Trinajstić information content (AvgIpc) is 2.49. The number of rotatable bonds is 3. The summed E-state index contributed by atoms with van der Waals surface area (Å²) in [6.45, 7) is 1.93. The first-order valence-corrected chi connectivity index (χ1v) is 6.82. The molecule has 2 aromatic carbocycles. The van der Waals surface area contributed by atoms with Crippen molar-refractivity contribution in [3.63, 3.8) is 0 Å². The summed E-state index contributed by atoms with van der Waals surface area (Å²) in [6.07, 6.45) is 1.98. The van der Waals surface area contributed by atoms with Crippen LogP contribution < -0.4 is 10.1 Å². The van der Waals surface area contributed by atoms with Crippen molar-refractivity contribution in [2.75, 3.05) is 5.32 Å². The van der Waals surface area contributed by atoms with Crippen molar-refractivity contribution in [3.8, 4) is 11.5 Å². The lowest BCUT2D eigenvalue weighted by Gasteiger charge is -2.18. The third-order valence-corrected chi connectivity index (χ3v) is 3.49. The van der Waals surface area contributed by atoms with E-state index >= 15 is 0 Å². The van der Waals surface area contributed by atoms with Crippen LogP contribution in [0.15, 0.2) is 36.4 Å². The van der Waals surface area contributed by atoms with Crippen molar-refractivity contribution in [2.24, 2.45) is 0 Å². The molecule has 4 heteroatoms. The van der Waals surface area contributed by atoms with Gasteiger partial charge in [0.2, 0.25) is 5.91 Å². The van der Waals surface area contributed by atoms with Crippen LogP contribution in [-0.2, 0) is 11.2 Å². The number of hydrogen-bond acceptors (Lipinski definition) is 3. The molecule has 0 bridgehead atoms. The van der Waals surface area contributed by atoms with Gasteiger partial charge in [0.05, 0.1) is 5.56 Å². The fourth-order valence-corrected chi connectivity index (χ4v) is 2.40. The Kier molecular flexibility index (Phi) is 3.44. The number of fused-ring (bicyclic) bond motifs is 1. The summed E-state index contributed by atoms with van der Waals surface area (Å²) in [5.74, 6) is 1.24. The van der Waals surface area contributed by atoms with E-state index in [9.17, 15) is 9.59 Å². The number of aryl methyl sites for hydroxylation is 2.